The predicted molar refractivity (Wildman–Crippen MR) is 152 cm³/mol. The van der Waals surface area contributed by atoms with Crippen LogP contribution in [0, 0.1) is 0 Å². The molecule has 0 unspecified atom stereocenters. The highest BCUT2D eigenvalue weighted by Gasteiger charge is 2.34. The van der Waals surface area contributed by atoms with Gasteiger partial charge in [0.15, 0.2) is 16.7 Å². The number of thioether (sulfide) groups is 1. The molecule has 3 aromatic rings. The molecule has 1 aliphatic rings. The van der Waals surface area contributed by atoms with Crippen molar-refractivity contribution in [2.24, 2.45) is 4.40 Å². The molecule has 38 heavy (non-hydrogen) atoms. The standard InChI is InChI=1S/C29H28N2O5S2/c1-4-17-31-28(32)27(37-29(31)30-38(33,34)24-14-11-21(5-2)12-15-24)19-23-13-16-25(26(18-23)35-3)36-20-22-9-7-6-8-10-22/h4,6-16,18-19H,1,5,17,20H2,2-3H3. The van der Waals surface area contributed by atoms with Gasteiger partial charge in [0.25, 0.3) is 15.9 Å². The summed E-state index contributed by atoms with van der Waals surface area (Å²) >= 11 is 1.00. The Morgan fingerprint density at radius 1 is 1.00 bits per heavy atom. The number of hydrogen-bond donors (Lipinski definition) is 0. The molecule has 3 aromatic carbocycles. The van der Waals surface area contributed by atoms with E-state index in [1.54, 1.807) is 37.5 Å². The van der Waals surface area contributed by atoms with Gasteiger partial charge in [-0.15, -0.1) is 11.0 Å². The number of methoxy groups -OCH3 is 1. The third-order valence-corrected chi connectivity index (χ3v) is 8.15. The summed E-state index contributed by atoms with van der Waals surface area (Å²) in [7, 11) is -2.46. The van der Waals surface area contributed by atoms with E-state index in [-0.39, 0.29) is 22.5 Å². The quantitative estimate of drug-likeness (QED) is 0.239. The number of benzene rings is 3. The van der Waals surface area contributed by atoms with E-state index in [0.717, 1.165) is 29.3 Å². The molecule has 0 radical (unpaired) electrons. The van der Waals surface area contributed by atoms with Crippen molar-refractivity contribution in [2.45, 2.75) is 24.8 Å². The van der Waals surface area contributed by atoms with Crippen LogP contribution in [0.5, 0.6) is 11.5 Å². The highest BCUT2D eigenvalue weighted by Crippen LogP contribution is 2.35. The Morgan fingerprint density at radius 2 is 1.74 bits per heavy atom. The van der Waals surface area contributed by atoms with Gasteiger partial charge in [-0.05, 0) is 65.2 Å². The number of aryl methyl sites for hydroxylation is 1. The second-order valence-corrected chi connectivity index (χ2v) is 11.0. The first-order valence-electron chi connectivity index (χ1n) is 12.0. The number of ether oxygens (including phenoxy) is 2. The smallest absolute Gasteiger partial charge is 0.284 e. The zero-order chi connectivity index (χ0) is 27.1. The molecule has 1 fully saturated rings. The van der Waals surface area contributed by atoms with E-state index in [2.05, 4.69) is 11.0 Å². The first-order chi connectivity index (χ1) is 18.3. The molecule has 1 saturated heterocycles. The number of amidine groups is 1. The van der Waals surface area contributed by atoms with Crippen LogP contribution in [0.2, 0.25) is 0 Å². The number of sulfonamides is 1. The van der Waals surface area contributed by atoms with E-state index in [0.29, 0.717) is 28.6 Å². The van der Waals surface area contributed by atoms with E-state index in [4.69, 9.17) is 9.47 Å². The third kappa shape index (κ3) is 6.35. The monoisotopic (exact) mass is 548 g/mol. The van der Waals surface area contributed by atoms with Crippen molar-refractivity contribution in [3.63, 3.8) is 0 Å². The molecule has 0 atom stereocenters. The minimum atomic E-state index is -4.01. The number of hydrogen-bond acceptors (Lipinski definition) is 6. The van der Waals surface area contributed by atoms with Crippen molar-refractivity contribution in [3.8, 4) is 11.5 Å². The van der Waals surface area contributed by atoms with Crippen LogP contribution < -0.4 is 9.47 Å². The van der Waals surface area contributed by atoms with Crippen molar-refractivity contribution < 1.29 is 22.7 Å². The Balaban J connectivity index is 1.59. The number of carbonyl (C=O) groups excluding carboxylic acids is 1. The van der Waals surface area contributed by atoms with Crippen LogP contribution in [0.4, 0.5) is 0 Å². The van der Waals surface area contributed by atoms with E-state index in [1.165, 1.54) is 23.1 Å². The molecule has 1 amide bonds. The maximum absolute atomic E-state index is 13.2. The average molecular weight is 549 g/mol. The van der Waals surface area contributed by atoms with Crippen LogP contribution >= 0.6 is 11.8 Å². The molecule has 0 N–H and O–H groups in total. The summed E-state index contributed by atoms with van der Waals surface area (Å²) in [5, 5.41) is 0.0792. The predicted octanol–water partition coefficient (Wildman–Crippen LogP) is 5.68. The van der Waals surface area contributed by atoms with Crippen LogP contribution in [-0.2, 0) is 27.8 Å². The largest absolute Gasteiger partial charge is 0.493 e. The number of carbonyl (C=O) groups is 1. The number of nitrogens with zero attached hydrogens (tertiary/aromatic N) is 2. The second kappa shape index (κ2) is 12.1. The summed E-state index contributed by atoms with van der Waals surface area (Å²) < 4.78 is 41.4. The van der Waals surface area contributed by atoms with Gasteiger partial charge >= 0.3 is 0 Å². The van der Waals surface area contributed by atoms with Gasteiger partial charge in [-0.1, -0.05) is 61.5 Å². The zero-order valence-corrected chi connectivity index (χ0v) is 22.8. The van der Waals surface area contributed by atoms with Crippen LogP contribution in [0.15, 0.2) is 99.6 Å². The lowest BCUT2D eigenvalue weighted by Gasteiger charge is -2.12. The fourth-order valence-electron chi connectivity index (χ4n) is 3.70. The maximum Gasteiger partial charge on any atom is 0.284 e. The average Bonchev–Trinajstić information content (AvgIpc) is 3.21. The topological polar surface area (TPSA) is 85.3 Å². The molecule has 1 heterocycles. The van der Waals surface area contributed by atoms with Crippen molar-refractivity contribution in [1.82, 2.24) is 4.90 Å². The van der Waals surface area contributed by atoms with Gasteiger partial charge in [0.1, 0.15) is 6.61 Å². The van der Waals surface area contributed by atoms with Gasteiger partial charge in [-0.2, -0.15) is 8.42 Å². The maximum atomic E-state index is 13.2. The van der Waals surface area contributed by atoms with Crippen LogP contribution in [0.3, 0.4) is 0 Å². The molecule has 7 nitrogen and oxygen atoms in total. The summed E-state index contributed by atoms with van der Waals surface area (Å²) in [6, 6.07) is 21.7. The molecular formula is C29H28N2O5S2. The van der Waals surface area contributed by atoms with Crippen LogP contribution in [0.1, 0.15) is 23.6 Å². The van der Waals surface area contributed by atoms with E-state index in [1.807, 2.05) is 43.3 Å². The van der Waals surface area contributed by atoms with E-state index in [9.17, 15) is 13.2 Å². The molecule has 4 rings (SSSR count). The fraction of sp³-hybridized carbons (Fsp3) is 0.172. The van der Waals surface area contributed by atoms with Crippen LogP contribution in [0.25, 0.3) is 6.08 Å². The van der Waals surface area contributed by atoms with Crippen molar-refractivity contribution in [3.05, 3.63) is 107 Å². The van der Waals surface area contributed by atoms with Crippen molar-refractivity contribution in [1.29, 1.82) is 0 Å². The summed E-state index contributed by atoms with van der Waals surface area (Å²) in [5.41, 5.74) is 2.74. The molecule has 1 aliphatic heterocycles. The van der Waals surface area contributed by atoms with Crippen molar-refractivity contribution >= 4 is 38.9 Å². The SMILES string of the molecule is C=CCN1C(=O)C(=Cc2ccc(OCc3ccccc3)c(OC)c2)SC1=NS(=O)(=O)c1ccc(CC)cc1. The summed E-state index contributed by atoms with van der Waals surface area (Å²) in [6.07, 6.45) is 4.00. The minimum absolute atomic E-state index is 0.0714. The Hall–Kier alpha value is -3.82. The first-order valence-corrected chi connectivity index (χ1v) is 14.2. The van der Waals surface area contributed by atoms with Gasteiger partial charge in [-0.3, -0.25) is 9.69 Å². The van der Waals surface area contributed by atoms with Gasteiger partial charge in [-0.25, -0.2) is 0 Å². The number of amides is 1. The molecule has 9 heteroatoms. The molecule has 196 valence electrons. The summed E-state index contributed by atoms with van der Waals surface area (Å²) in [5.74, 6) is 0.730. The molecule has 0 bridgehead atoms. The zero-order valence-electron chi connectivity index (χ0n) is 21.2. The Labute approximate surface area is 227 Å². The van der Waals surface area contributed by atoms with Crippen molar-refractivity contribution in [2.75, 3.05) is 13.7 Å². The molecular weight excluding hydrogens is 520 g/mol. The highest BCUT2D eigenvalue weighted by molar-refractivity contribution is 8.19. The molecule has 0 aromatic heterocycles. The lowest BCUT2D eigenvalue weighted by atomic mass is 10.1. The molecule has 0 aliphatic carbocycles. The van der Waals surface area contributed by atoms with Gasteiger partial charge < -0.3 is 9.47 Å². The Kier molecular flexibility index (Phi) is 8.70. The third-order valence-electron chi connectivity index (χ3n) is 5.75. The minimum Gasteiger partial charge on any atom is -0.493 e. The Morgan fingerprint density at radius 3 is 2.39 bits per heavy atom. The second-order valence-electron chi connectivity index (χ2n) is 8.35. The summed E-state index contributed by atoms with van der Waals surface area (Å²) in [6.45, 7) is 6.20. The lowest BCUT2D eigenvalue weighted by molar-refractivity contribution is -0.121. The normalized spacial score (nSPS) is 15.7. The van der Waals surface area contributed by atoms with Gasteiger partial charge in [0.05, 0.1) is 16.9 Å². The molecule has 0 spiro atoms. The fourth-order valence-corrected chi connectivity index (χ4v) is 5.89. The molecule has 0 saturated carbocycles. The van der Waals surface area contributed by atoms with Gasteiger partial charge in [0.2, 0.25) is 0 Å². The highest BCUT2D eigenvalue weighted by atomic mass is 32.2. The van der Waals surface area contributed by atoms with E-state index >= 15 is 0 Å². The van der Waals surface area contributed by atoms with Crippen LogP contribution in [-0.4, -0.2) is 38.0 Å². The van der Waals surface area contributed by atoms with Gasteiger partial charge in [0, 0.05) is 6.54 Å². The first kappa shape index (κ1) is 27.2. The summed E-state index contributed by atoms with van der Waals surface area (Å²) in [4.78, 5) is 14.9. The number of rotatable bonds is 10. The van der Waals surface area contributed by atoms with E-state index < -0.39 is 10.0 Å². The Bertz CT molecular complexity index is 1480. The lowest BCUT2D eigenvalue weighted by Crippen LogP contribution is -2.29.